The van der Waals surface area contributed by atoms with Gasteiger partial charge in [-0.25, -0.2) is 4.79 Å². The summed E-state index contributed by atoms with van der Waals surface area (Å²) in [6.07, 6.45) is 0.649. The molecule has 0 fully saturated rings. The Morgan fingerprint density at radius 2 is 2.27 bits per heavy atom. The maximum atomic E-state index is 11.5. The molecular formula is C11H10ClNO2. The fraction of sp³-hybridized carbons (Fsp3) is 0.273. The van der Waals surface area contributed by atoms with E-state index in [4.69, 9.17) is 16.9 Å². The van der Waals surface area contributed by atoms with E-state index in [0.29, 0.717) is 6.42 Å². The van der Waals surface area contributed by atoms with Crippen LogP contribution < -0.4 is 0 Å². The first-order valence-corrected chi connectivity index (χ1v) is 4.83. The monoisotopic (exact) mass is 223 g/mol. The predicted octanol–water partition coefficient (Wildman–Crippen LogP) is 2.56. The van der Waals surface area contributed by atoms with E-state index in [1.807, 2.05) is 13.0 Å². The molecule has 0 atom stereocenters. The Kier molecular flexibility index (Phi) is 3.70. The summed E-state index contributed by atoms with van der Waals surface area (Å²) in [5, 5.41) is 9.19. The van der Waals surface area contributed by atoms with Crippen LogP contribution in [0.2, 0.25) is 5.02 Å². The van der Waals surface area contributed by atoms with Gasteiger partial charge in [0.15, 0.2) is 0 Å². The van der Waals surface area contributed by atoms with Gasteiger partial charge in [-0.1, -0.05) is 24.6 Å². The Balaban J connectivity index is 3.49. The normalized spacial score (nSPS) is 9.47. The molecule has 0 aliphatic rings. The number of rotatable bonds is 2. The lowest BCUT2D eigenvalue weighted by Gasteiger charge is -2.08. The van der Waals surface area contributed by atoms with E-state index < -0.39 is 5.97 Å². The summed E-state index contributed by atoms with van der Waals surface area (Å²) in [7, 11) is 1.28. The molecule has 1 aromatic carbocycles. The van der Waals surface area contributed by atoms with Gasteiger partial charge in [-0.3, -0.25) is 0 Å². The van der Waals surface area contributed by atoms with Gasteiger partial charge in [0.2, 0.25) is 0 Å². The number of carbonyl (C=O) groups is 1. The number of halogens is 1. The largest absolute Gasteiger partial charge is 0.465 e. The fourth-order valence-corrected chi connectivity index (χ4v) is 1.56. The van der Waals surface area contributed by atoms with Crippen molar-refractivity contribution in [3.05, 3.63) is 33.8 Å². The summed E-state index contributed by atoms with van der Waals surface area (Å²) >= 11 is 5.83. The fourth-order valence-electron chi connectivity index (χ4n) is 1.36. The molecule has 3 nitrogen and oxygen atoms in total. The molecule has 1 rings (SSSR count). The summed E-state index contributed by atoms with van der Waals surface area (Å²) in [5.74, 6) is -0.522. The highest BCUT2D eigenvalue weighted by Gasteiger charge is 2.18. The van der Waals surface area contributed by atoms with Crippen LogP contribution in [0.1, 0.15) is 28.4 Å². The highest BCUT2D eigenvalue weighted by atomic mass is 35.5. The predicted molar refractivity (Wildman–Crippen MR) is 56.9 cm³/mol. The molecule has 0 heterocycles. The minimum absolute atomic E-state index is 0.183. The maximum Gasteiger partial charge on any atom is 0.339 e. The molecule has 0 saturated heterocycles. The van der Waals surface area contributed by atoms with Gasteiger partial charge in [0.05, 0.1) is 23.3 Å². The number of carbonyl (C=O) groups excluding carboxylic acids is 1. The number of ether oxygens (including phenoxy) is 1. The molecule has 0 aliphatic carbocycles. The summed E-state index contributed by atoms with van der Waals surface area (Å²) in [5.41, 5.74) is 1.22. The van der Waals surface area contributed by atoms with Gasteiger partial charge in [-0.05, 0) is 18.1 Å². The van der Waals surface area contributed by atoms with Gasteiger partial charge < -0.3 is 4.74 Å². The standard InChI is InChI=1S/C11H10ClNO2/c1-3-7-4-5-9(12)8(6-13)10(7)11(14)15-2/h4-5H,3H2,1-2H3. The van der Waals surface area contributed by atoms with Gasteiger partial charge >= 0.3 is 5.97 Å². The molecular weight excluding hydrogens is 214 g/mol. The first kappa shape index (κ1) is 11.5. The van der Waals surface area contributed by atoms with Crippen molar-refractivity contribution in [1.82, 2.24) is 0 Å². The quantitative estimate of drug-likeness (QED) is 0.724. The third-order valence-electron chi connectivity index (χ3n) is 2.12. The molecule has 0 N–H and O–H groups in total. The summed E-state index contributed by atoms with van der Waals surface area (Å²) in [6, 6.07) is 5.27. The van der Waals surface area contributed by atoms with Crippen molar-refractivity contribution in [3.63, 3.8) is 0 Å². The second-order valence-electron chi connectivity index (χ2n) is 2.91. The second kappa shape index (κ2) is 4.81. The van der Waals surface area contributed by atoms with Gasteiger partial charge in [0.25, 0.3) is 0 Å². The first-order valence-electron chi connectivity index (χ1n) is 4.45. The van der Waals surface area contributed by atoms with E-state index in [1.165, 1.54) is 7.11 Å². The average molecular weight is 224 g/mol. The van der Waals surface area contributed by atoms with Crippen molar-refractivity contribution in [1.29, 1.82) is 5.26 Å². The molecule has 78 valence electrons. The van der Waals surface area contributed by atoms with Crippen LogP contribution in [-0.4, -0.2) is 13.1 Å². The molecule has 4 heteroatoms. The third kappa shape index (κ3) is 2.11. The van der Waals surface area contributed by atoms with Gasteiger partial charge in [0, 0.05) is 0 Å². The number of esters is 1. The first-order chi connectivity index (χ1) is 7.15. The molecule has 0 unspecified atom stereocenters. The van der Waals surface area contributed by atoms with Crippen LogP contribution in [0.25, 0.3) is 0 Å². The van der Waals surface area contributed by atoms with E-state index in [1.54, 1.807) is 12.1 Å². The van der Waals surface area contributed by atoms with Crippen LogP contribution in [0.5, 0.6) is 0 Å². The molecule has 0 aliphatic heterocycles. The molecule has 0 spiro atoms. The zero-order valence-electron chi connectivity index (χ0n) is 8.50. The summed E-state index contributed by atoms with van der Waals surface area (Å²) in [4.78, 5) is 11.5. The Bertz CT molecular complexity index is 435. The Morgan fingerprint density at radius 1 is 1.60 bits per heavy atom. The van der Waals surface area contributed by atoms with Gasteiger partial charge in [-0.2, -0.15) is 5.26 Å². The topological polar surface area (TPSA) is 50.1 Å². The summed E-state index contributed by atoms with van der Waals surface area (Å²) in [6.45, 7) is 1.90. The minimum Gasteiger partial charge on any atom is -0.465 e. The second-order valence-corrected chi connectivity index (χ2v) is 3.32. The lowest BCUT2D eigenvalue weighted by atomic mass is 10.00. The number of aryl methyl sites for hydroxylation is 1. The molecule has 0 radical (unpaired) electrons. The van der Waals surface area contributed by atoms with E-state index in [2.05, 4.69) is 4.74 Å². The van der Waals surface area contributed by atoms with Crippen LogP contribution in [0.3, 0.4) is 0 Å². The van der Waals surface area contributed by atoms with Crippen molar-refractivity contribution >= 4 is 17.6 Å². The highest BCUT2D eigenvalue weighted by molar-refractivity contribution is 6.32. The average Bonchev–Trinajstić information content (AvgIpc) is 2.27. The van der Waals surface area contributed by atoms with Crippen molar-refractivity contribution < 1.29 is 9.53 Å². The van der Waals surface area contributed by atoms with Crippen LogP contribution in [-0.2, 0) is 11.2 Å². The Hall–Kier alpha value is -1.53. The molecule has 15 heavy (non-hydrogen) atoms. The van der Waals surface area contributed by atoms with Crippen molar-refractivity contribution in [2.75, 3.05) is 7.11 Å². The number of benzene rings is 1. The Labute approximate surface area is 93.2 Å². The highest BCUT2D eigenvalue weighted by Crippen LogP contribution is 2.24. The molecule has 0 bridgehead atoms. The number of hydrogen-bond donors (Lipinski definition) is 0. The van der Waals surface area contributed by atoms with E-state index in [0.717, 1.165) is 5.56 Å². The zero-order valence-corrected chi connectivity index (χ0v) is 9.26. The molecule has 0 aromatic heterocycles. The number of methoxy groups -OCH3 is 1. The number of hydrogen-bond acceptors (Lipinski definition) is 3. The van der Waals surface area contributed by atoms with Crippen LogP contribution in [0.15, 0.2) is 12.1 Å². The number of nitrogens with zero attached hydrogens (tertiary/aromatic N) is 1. The molecule has 0 amide bonds. The molecule has 0 saturated carbocycles. The smallest absolute Gasteiger partial charge is 0.339 e. The van der Waals surface area contributed by atoms with Crippen LogP contribution in [0, 0.1) is 11.3 Å². The van der Waals surface area contributed by atoms with Crippen LogP contribution in [0.4, 0.5) is 0 Å². The SMILES string of the molecule is CCc1ccc(Cl)c(C#N)c1C(=O)OC. The van der Waals surface area contributed by atoms with E-state index in [9.17, 15) is 4.79 Å². The Morgan fingerprint density at radius 3 is 2.73 bits per heavy atom. The third-order valence-corrected chi connectivity index (χ3v) is 2.44. The lowest BCUT2D eigenvalue weighted by Crippen LogP contribution is -2.08. The summed E-state index contributed by atoms with van der Waals surface area (Å²) < 4.78 is 4.63. The number of nitriles is 1. The zero-order chi connectivity index (χ0) is 11.4. The molecule has 1 aromatic rings. The van der Waals surface area contributed by atoms with Crippen molar-refractivity contribution in [2.24, 2.45) is 0 Å². The van der Waals surface area contributed by atoms with E-state index >= 15 is 0 Å². The minimum atomic E-state index is -0.522. The van der Waals surface area contributed by atoms with Crippen LogP contribution >= 0.6 is 11.6 Å². The maximum absolute atomic E-state index is 11.5. The van der Waals surface area contributed by atoms with Crippen molar-refractivity contribution in [2.45, 2.75) is 13.3 Å². The van der Waals surface area contributed by atoms with E-state index in [-0.39, 0.29) is 16.1 Å². The lowest BCUT2D eigenvalue weighted by molar-refractivity contribution is 0.0599. The van der Waals surface area contributed by atoms with Gasteiger partial charge in [0.1, 0.15) is 6.07 Å². The van der Waals surface area contributed by atoms with Crippen molar-refractivity contribution in [3.8, 4) is 6.07 Å². The van der Waals surface area contributed by atoms with Gasteiger partial charge in [-0.15, -0.1) is 0 Å².